The molecule has 0 radical (unpaired) electrons. The third kappa shape index (κ3) is 5.74. The summed E-state index contributed by atoms with van der Waals surface area (Å²) in [6.07, 6.45) is -10.8. The molecule has 0 aromatic heterocycles. The molecule has 1 fully saturated rings. The van der Waals surface area contributed by atoms with Crippen molar-refractivity contribution < 1.29 is 50.3 Å². The number of hydrogen-bond donors (Lipinski definition) is 9. The van der Waals surface area contributed by atoms with Crippen LogP contribution in [0, 0.1) is 0 Å². The van der Waals surface area contributed by atoms with Crippen molar-refractivity contribution >= 4 is 0 Å². The molecule has 0 amide bonds. The largest absolute Gasteiger partial charge is 0.506 e. The van der Waals surface area contributed by atoms with Crippen LogP contribution in [0.25, 0.3) is 0 Å². The highest BCUT2D eigenvalue weighted by atomic mass is 16.7. The fraction of sp³-hybridized carbons (Fsp3) is 0.867. The van der Waals surface area contributed by atoms with E-state index in [1.54, 1.807) is 13.8 Å². The molecule has 26 heavy (non-hydrogen) atoms. The minimum Gasteiger partial charge on any atom is -0.506 e. The van der Waals surface area contributed by atoms with Gasteiger partial charge in [-0.15, -0.1) is 0 Å². The van der Waals surface area contributed by atoms with E-state index in [2.05, 4.69) is 5.32 Å². The van der Waals surface area contributed by atoms with Crippen molar-refractivity contribution in [1.82, 2.24) is 5.32 Å². The summed E-state index contributed by atoms with van der Waals surface area (Å²) in [4.78, 5) is 0. The molecule has 0 spiro atoms. The molecule has 11 nitrogen and oxygen atoms in total. The second kappa shape index (κ2) is 10.3. The Kier molecular flexibility index (Phi) is 9.16. The molecule has 154 valence electrons. The number of ether oxygens (including phenoxy) is 2. The first kappa shape index (κ1) is 23.0. The second-order valence-corrected chi connectivity index (χ2v) is 6.33. The van der Waals surface area contributed by atoms with Gasteiger partial charge in [0.15, 0.2) is 11.5 Å². The van der Waals surface area contributed by atoms with Crippen LogP contribution in [0.15, 0.2) is 11.5 Å². The van der Waals surface area contributed by atoms with E-state index in [9.17, 15) is 35.7 Å². The predicted octanol–water partition coefficient (Wildman–Crippen LogP) is -2.80. The lowest BCUT2D eigenvalue weighted by Gasteiger charge is -2.43. The summed E-state index contributed by atoms with van der Waals surface area (Å²) in [5.74, 6) is -2.15. The molecule has 0 aliphatic carbocycles. The van der Waals surface area contributed by atoms with Crippen molar-refractivity contribution in [2.45, 2.75) is 69.3 Å². The van der Waals surface area contributed by atoms with Crippen LogP contribution < -0.4 is 5.32 Å². The van der Waals surface area contributed by atoms with Gasteiger partial charge in [0.1, 0.15) is 36.7 Å². The van der Waals surface area contributed by atoms with Gasteiger partial charge in [0.25, 0.3) is 0 Å². The monoisotopic (exact) mass is 383 g/mol. The summed E-state index contributed by atoms with van der Waals surface area (Å²) in [6.45, 7) is 2.47. The molecular formula is C15H29NO10. The molecule has 7 unspecified atom stereocenters. The first-order valence-corrected chi connectivity index (χ1v) is 8.26. The number of hydrogen-bond acceptors (Lipinski definition) is 11. The molecule has 0 bridgehead atoms. The van der Waals surface area contributed by atoms with Gasteiger partial charge in [-0.2, -0.15) is 0 Å². The van der Waals surface area contributed by atoms with E-state index in [-0.39, 0.29) is 12.5 Å². The van der Waals surface area contributed by atoms with Gasteiger partial charge in [0.05, 0.1) is 6.61 Å². The van der Waals surface area contributed by atoms with Gasteiger partial charge in [-0.3, -0.25) is 5.32 Å². The zero-order valence-corrected chi connectivity index (χ0v) is 14.6. The minimum atomic E-state index is -2.18. The van der Waals surface area contributed by atoms with Crippen LogP contribution in [0.2, 0.25) is 0 Å². The Morgan fingerprint density at radius 2 is 1.69 bits per heavy atom. The van der Waals surface area contributed by atoms with Gasteiger partial charge in [0, 0.05) is 19.1 Å². The van der Waals surface area contributed by atoms with Crippen molar-refractivity contribution in [2.75, 3.05) is 13.2 Å². The smallest absolute Gasteiger partial charge is 0.218 e. The quantitative estimate of drug-likeness (QED) is 0.147. The van der Waals surface area contributed by atoms with Crippen LogP contribution in [-0.2, 0) is 9.47 Å². The SMILES string of the molecule is CC(C)NC1OC(CO)C(OC(O)/C(O)=C(/O)C(O)CCO)C(O)C1O. The summed E-state index contributed by atoms with van der Waals surface area (Å²) in [7, 11) is 0. The molecule has 9 N–H and O–H groups in total. The first-order chi connectivity index (χ1) is 12.1. The van der Waals surface area contributed by atoms with Gasteiger partial charge in [0.2, 0.25) is 6.29 Å². The van der Waals surface area contributed by atoms with E-state index >= 15 is 0 Å². The highest BCUT2D eigenvalue weighted by Crippen LogP contribution is 2.25. The average Bonchev–Trinajstić information content (AvgIpc) is 2.59. The van der Waals surface area contributed by atoms with Gasteiger partial charge in [-0.25, -0.2) is 0 Å². The standard InChI is InChI=1S/C15H29NO10/c1-6(2)16-14-11(22)10(21)13(8(5-18)25-14)26-15(24)12(23)9(20)7(19)3-4-17/h6-8,10-11,13-24H,3-5H2,1-2H3/b12-9-. The van der Waals surface area contributed by atoms with Crippen LogP contribution in [0.4, 0.5) is 0 Å². The third-order valence-corrected chi connectivity index (χ3v) is 3.86. The summed E-state index contributed by atoms with van der Waals surface area (Å²) < 4.78 is 10.5. The maximum atomic E-state index is 10.2. The molecule has 1 rings (SSSR count). The van der Waals surface area contributed by atoms with Gasteiger partial charge >= 0.3 is 0 Å². The molecule has 7 atom stereocenters. The predicted molar refractivity (Wildman–Crippen MR) is 86.9 cm³/mol. The fourth-order valence-electron chi connectivity index (χ4n) is 2.49. The van der Waals surface area contributed by atoms with Gasteiger partial charge in [-0.1, -0.05) is 0 Å². The average molecular weight is 383 g/mol. The van der Waals surface area contributed by atoms with Crippen LogP contribution >= 0.6 is 0 Å². The zero-order chi connectivity index (χ0) is 20.0. The maximum Gasteiger partial charge on any atom is 0.218 e. The Labute approximate surface area is 150 Å². The third-order valence-electron chi connectivity index (χ3n) is 3.86. The molecular weight excluding hydrogens is 354 g/mol. The van der Waals surface area contributed by atoms with Crippen molar-refractivity contribution in [1.29, 1.82) is 0 Å². The Morgan fingerprint density at radius 3 is 2.19 bits per heavy atom. The van der Waals surface area contributed by atoms with Gasteiger partial charge in [-0.05, 0) is 13.8 Å². The molecule has 0 saturated carbocycles. The van der Waals surface area contributed by atoms with E-state index < -0.39 is 67.8 Å². The lowest BCUT2D eigenvalue weighted by Crippen LogP contribution is -2.64. The number of rotatable bonds is 9. The molecule has 0 aromatic rings. The van der Waals surface area contributed by atoms with Crippen LogP contribution in [0.5, 0.6) is 0 Å². The Hall–Kier alpha value is -1.02. The van der Waals surface area contributed by atoms with E-state index in [4.69, 9.17) is 14.6 Å². The fourth-order valence-corrected chi connectivity index (χ4v) is 2.49. The number of aliphatic hydroxyl groups is 8. The molecule has 1 aliphatic heterocycles. The van der Waals surface area contributed by atoms with Crippen LogP contribution in [0.3, 0.4) is 0 Å². The topological polar surface area (TPSA) is 192 Å². The molecule has 1 saturated heterocycles. The zero-order valence-electron chi connectivity index (χ0n) is 14.6. The van der Waals surface area contributed by atoms with Crippen molar-refractivity contribution in [3.05, 3.63) is 11.5 Å². The van der Waals surface area contributed by atoms with Gasteiger partial charge < -0.3 is 50.3 Å². The summed E-state index contributed by atoms with van der Waals surface area (Å²) in [6, 6.07) is -0.0961. The van der Waals surface area contributed by atoms with Crippen molar-refractivity contribution in [2.24, 2.45) is 0 Å². The Morgan fingerprint density at radius 1 is 1.08 bits per heavy atom. The Balaban J connectivity index is 2.88. The highest BCUT2D eigenvalue weighted by molar-refractivity contribution is 5.06. The molecule has 1 aliphatic rings. The second-order valence-electron chi connectivity index (χ2n) is 6.33. The maximum absolute atomic E-state index is 10.2. The van der Waals surface area contributed by atoms with E-state index in [0.717, 1.165) is 0 Å². The molecule has 11 heteroatoms. The molecule has 1 heterocycles. The lowest BCUT2D eigenvalue weighted by atomic mass is 9.97. The summed E-state index contributed by atoms with van der Waals surface area (Å²) in [5, 5.41) is 80.1. The minimum absolute atomic E-state index is 0.0961. The molecule has 0 aromatic carbocycles. The first-order valence-electron chi connectivity index (χ1n) is 8.26. The van der Waals surface area contributed by atoms with Crippen molar-refractivity contribution in [3.63, 3.8) is 0 Å². The van der Waals surface area contributed by atoms with Crippen LogP contribution in [0.1, 0.15) is 20.3 Å². The highest BCUT2D eigenvalue weighted by Gasteiger charge is 2.46. The summed E-state index contributed by atoms with van der Waals surface area (Å²) in [5.41, 5.74) is 0. The number of aliphatic hydroxyl groups excluding tert-OH is 8. The lowest BCUT2D eigenvalue weighted by molar-refractivity contribution is -0.277. The van der Waals surface area contributed by atoms with E-state index in [1.807, 2.05) is 0 Å². The Bertz CT molecular complexity index is 458. The normalized spacial score (nSPS) is 33.0. The van der Waals surface area contributed by atoms with E-state index in [1.165, 1.54) is 0 Å². The number of nitrogens with one attached hydrogen (secondary N) is 1. The van der Waals surface area contributed by atoms with E-state index in [0.29, 0.717) is 0 Å². The van der Waals surface area contributed by atoms with Crippen molar-refractivity contribution in [3.8, 4) is 0 Å². The van der Waals surface area contributed by atoms with Crippen LogP contribution in [-0.4, -0.2) is 103 Å². The summed E-state index contributed by atoms with van der Waals surface area (Å²) >= 11 is 0.